The summed E-state index contributed by atoms with van der Waals surface area (Å²) in [5.41, 5.74) is -0.901. The van der Waals surface area contributed by atoms with Crippen molar-refractivity contribution in [3.05, 3.63) is 42.1 Å². The molecule has 226 valence electrons. The Hall–Kier alpha value is -3.87. The number of esters is 1. The highest BCUT2D eigenvalue weighted by Crippen LogP contribution is 2.37. The predicted molar refractivity (Wildman–Crippen MR) is 145 cm³/mol. The average Bonchev–Trinajstić information content (AvgIpc) is 3.35. The maximum Gasteiger partial charge on any atom is 0.408 e. The third kappa shape index (κ3) is 6.01. The van der Waals surface area contributed by atoms with Crippen LogP contribution in [0.4, 0.5) is 13.6 Å². The normalized spacial score (nSPS) is 29.0. The summed E-state index contributed by atoms with van der Waals surface area (Å²) < 4.78 is 53.4. The standard InChI is InChI=1S/C29H34F2N4O7/c1-28(2,3)23-25(36)35-15-16(14-19(35)26(37)39-4)41-24-22(32-17-8-5-6-9-18(17)33-24)29(30,31)12-7-13-40-20-10-11-21(20)42-27(38)34-23/h5-9,12,16,19-21,23H,10-11,13-15H2,1-4H3,(H,34,38)/b12-7-/t16-,19+,20-,21-,23-/m1/s1. The van der Waals surface area contributed by atoms with Gasteiger partial charge in [0.05, 0.1) is 37.4 Å². The van der Waals surface area contributed by atoms with Crippen LogP contribution in [0.25, 0.3) is 11.0 Å². The van der Waals surface area contributed by atoms with Crippen molar-refractivity contribution >= 4 is 29.0 Å². The molecule has 3 heterocycles. The van der Waals surface area contributed by atoms with Gasteiger partial charge in [-0.3, -0.25) is 4.79 Å². The largest absolute Gasteiger partial charge is 0.471 e. The number of ether oxygens (including phenoxy) is 4. The first kappa shape index (κ1) is 29.6. The number of benzene rings is 1. The molecule has 3 aliphatic rings. The summed E-state index contributed by atoms with van der Waals surface area (Å²) in [6.07, 6.45) is 0.0905. The highest BCUT2D eigenvalue weighted by molar-refractivity contribution is 5.91. The Balaban J connectivity index is 1.56. The molecule has 2 amide bonds. The molecule has 1 N–H and O–H groups in total. The summed E-state index contributed by atoms with van der Waals surface area (Å²) in [7, 11) is 1.19. The van der Waals surface area contributed by atoms with Crippen molar-refractivity contribution in [2.24, 2.45) is 5.41 Å². The second-order valence-electron chi connectivity index (χ2n) is 11.7. The van der Waals surface area contributed by atoms with Gasteiger partial charge in [0.2, 0.25) is 11.8 Å². The highest BCUT2D eigenvalue weighted by atomic mass is 19.3. The Morgan fingerprint density at radius 2 is 1.79 bits per heavy atom. The molecule has 1 saturated heterocycles. The summed E-state index contributed by atoms with van der Waals surface area (Å²) in [4.78, 5) is 49.3. The minimum Gasteiger partial charge on any atom is -0.471 e. The molecule has 2 fully saturated rings. The molecular weight excluding hydrogens is 554 g/mol. The SMILES string of the molecule is COC(=O)[C@@H]1C[C@@H]2CN1C(=O)[C@H](C(C)(C)C)NC(=O)O[C@@H]1CC[C@H]1OC/C=C\C(F)(F)c1nc3ccccc3nc1O2. The number of halogens is 2. The van der Waals surface area contributed by atoms with Gasteiger partial charge in [-0.15, -0.1) is 0 Å². The van der Waals surface area contributed by atoms with Gasteiger partial charge < -0.3 is 29.2 Å². The van der Waals surface area contributed by atoms with Gasteiger partial charge in [0.15, 0.2) is 5.69 Å². The number of carbonyl (C=O) groups excluding carboxylic acids is 3. The van der Waals surface area contributed by atoms with E-state index in [9.17, 15) is 14.4 Å². The number of amides is 2. The van der Waals surface area contributed by atoms with Crippen LogP contribution < -0.4 is 10.1 Å². The van der Waals surface area contributed by atoms with Gasteiger partial charge in [0, 0.05) is 6.42 Å². The van der Waals surface area contributed by atoms with E-state index in [0.29, 0.717) is 24.4 Å². The van der Waals surface area contributed by atoms with Crippen LogP contribution in [-0.2, 0) is 29.7 Å². The van der Waals surface area contributed by atoms with Crippen molar-refractivity contribution in [2.45, 2.75) is 76.4 Å². The van der Waals surface area contributed by atoms with Crippen LogP contribution in [0.3, 0.4) is 0 Å². The van der Waals surface area contributed by atoms with E-state index in [0.717, 1.165) is 0 Å². The summed E-state index contributed by atoms with van der Waals surface area (Å²) in [5.74, 6) is -5.28. The molecule has 1 aromatic heterocycles. The van der Waals surface area contributed by atoms with Gasteiger partial charge in [-0.05, 0) is 36.5 Å². The summed E-state index contributed by atoms with van der Waals surface area (Å²) in [5, 5.41) is 2.67. The van der Waals surface area contributed by atoms with Gasteiger partial charge >= 0.3 is 18.0 Å². The van der Waals surface area contributed by atoms with Crippen molar-refractivity contribution in [3.8, 4) is 5.88 Å². The van der Waals surface area contributed by atoms with Crippen molar-refractivity contribution in [2.75, 3.05) is 20.3 Å². The van der Waals surface area contributed by atoms with Gasteiger partial charge in [0.25, 0.3) is 0 Å². The van der Waals surface area contributed by atoms with E-state index in [1.54, 1.807) is 45.0 Å². The van der Waals surface area contributed by atoms with E-state index in [1.807, 2.05) is 0 Å². The number of allylic oxidation sites excluding steroid dienone is 1. The molecule has 0 unspecified atom stereocenters. The van der Waals surface area contributed by atoms with Crippen LogP contribution in [0.1, 0.15) is 45.7 Å². The molecule has 5 rings (SSSR count). The number of para-hydroxylation sites is 2. The van der Waals surface area contributed by atoms with Gasteiger partial charge in [0.1, 0.15) is 24.3 Å². The zero-order valence-corrected chi connectivity index (χ0v) is 23.8. The lowest BCUT2D eigenvalue weighted by molar-refractivity contribution is -0.152. The van der Waals surface area contributed by atoms with Crippen LogP contribution in [-0.4, -0.2) is 83.5 Å². The van der Waals surface area contributed by atoms with Crippen LogP contribution in [0.5, 0.6) is 5.88 Å². The predicted octanol–water partition coefficient (Wildman–Crippen LogP) is 3.50. The van der Waals surface area contributed by atoms with E-state index < -0.39 is 71.3 Å². The molecule has 1 aliphatic carbocycles. The Bertz CT molecular complexity index is 1400. The van der Waals surface area contributed by atoms with Crippen LogP contribution >= 0.6 is 0 Å². The third-order valence-electron chi connectivity index (χ3n) is 7.67. The summed E-state index contributed by atoms with van der Waals surface area (Å²) in [6.45, 7) is 5.00. The van der Waals surface area contributed by atoms with E-state index in [4.69, 9.17) is 18.9 Å². The fourth-order valence-corrected chi connectivity index (χ4v) is 5.25. The molecule has 5 atom stereocenters. The number of methoxy groups -OCH3 is 1. The maximum absolute atomic E-state index is 15.6. The van der Waals surface area contributed by atoms with Gasteiger partial charge in [-0.1, -0.05) is 39.0 Å². The highest BCUT2D eigenvalue weighted by Gasteiger charge is 2.48. The number of hydrogen-bond donors (Lipinski definition) is 1. The first-order valence-corrected chi connectivity index (χ1v) is 13.8. The van der Waals surface area contributed by atoms with Crippen LogP contribution in [0.2, 0.25) is 0 Å². The number of rotatable bonds is 1. The van der Waals surface area contributed by atoms with E-state index in [1.165, 1.54) is 18.1 Å². The molecule has 2 bridgehead atoms. The lowest BCUT2D eigenvalue weighted by Gasteiger charge is -2.37. The van der Waals surface area contributed by atoms with Crippen LogP contribution in [0.15, 0.2) is 36.4 Å². The quantitative estimate of drug-likeness (QED) is 0.393. The second kappa shape index (κ2) is 11.4. The molecule has 11 nitrogen and oxygen atoms in total. The van der Waals surface area contributed by atoms with Crippen molar-refractivity contribution in [3.63, 3.8) is 0 Å². The Morgan fingerprint density at radius 1 is 1.10 bits per heavy atom. The first-order chi connectivity index (χ1) is 19.9. The summed E-state index contributed by atoms with van der Waals surface area (Å²) in [6, 6.07) is 4.38. The fraction of sp³-hybridized carbons (Fsp3) is 0.552. The molecule has 13 heteroatoms. The second-order valence-corrected chi connectivity index (χ2v) is 11.7. The van der Waals surface area contributed by atoms with E-state index in [-0.39, 0.29) is 25.1 Å². The lowest BCUT2D eigenvalue weighted by Crippen LogP contribution is -2.58. The fourth-order valence-electron chi connectivity index (χ4n) is 5.25. The van der Waals surface area contributed by atoms with E-state index in [2.05, 4.69) is 15.3 Å². The molecule has 0 radical (unpaired) electrons. The topological polar surface area (TPSA) is 129 Å². The number of alkyl carbamates (subject to hydrolysis) is 1. The summed E-state index contributed by atoms with van der Waals surface area (Å²) >= 11 is 0. The maximum atomic E-state index is 15.6. The van der Waals surface area contributed by atoms with Gasteiger partial charge in [-0.25, -0.2) is 19.6 Å². The molecule has 42 heavy (non-hydrogen) atoms. The molecule has 2 aliphatic heterocycles. The molecule has 2 aromatic rings. The Morgan fingerprint density at radius 3 is 2.43 bits per heavy atom. The number of alkyl halides is 2. The van der Waals surface area contributed by atoms with E-state index >= 15 is 8.78 Å². The molecule has 0 spiro atoms. The van der Waals surface area contributed by atoms with Crippen LogP contribution in [0, 0.1) is 5.41 Å². The minimum atomic E-state index is -3.59. The van der Waals surface area contributed by atoms with Crippen molar-refractivity contribution in [1.29, 1.82) is 0 Å². The zero-order chi connectivity index (χ0) is 30.2. The number of nitrogens with one attached hydrogen (secondary N) is 1. The third-order valence-corrected chi connectivity index (χ3v) is 7.67. The molecule has 1 saturated carbocycles. The Kier molecular flexibility index (Phi) is 8.06. The van der Waals surface area contributed by atoms with Crippen molar-refractivity contribution < 1.29 is 42.1 Å². The molecule has 1 aromatic carbocycles. The average molecular weight is 589 g/mol. The number of hydrogen-bond acceptors (Lipinski definition) is 9. The van der Waals surface area contributed by atoms with Gasteiger partial charge in [-0.2, -0.15) is 8.78 Å². The molecular formula is C29H34F2N4O7. The Labute approximate surface area is 241 Å². The van der Waals surface area contributed by atoms with Crippen molar-refractivity contribution in [1.82, 2.24) is 20.2 Å². The minimum absolute atomic E-state index is 0.0489. The first-order valence-electron chi connectivity index (χ1n) is 13.8. The zero-order valence-electron chi connectivity index (χ0n) is 23.8. The number of carbonyl (C=O) groups is 3. The smallest absolute Gasteiger partial charge is 0.408 e. The lowest BCUT2D eigenvalue weighted by atomic mass is 9.85. The number of aromatic nitrogens is 2. The number of fused-ring (bicyclic) bond motifs is 5. The number of nitrogens with zero attached hydrogens (tertiary/aromatic N) is 3. The monoisotopic (exact) mass is 588 g/mol.